The number of carbonyl (C=O) groups is 2. The molecule has 100 valence electrons. The van der Waals surface area contributed by atoms with Gasteiger partial charge >= 0.3 is 5.97 Å². The zero-order valence-electron chi connectivity index (χ0n) is 11.0. The van der Waals surface area contributed by atoms with Gasteiger partial charge in [-0.2, -0.15) is 0 Å². The van der Waals surface area contributed by atoms with E-state index >= 15 is 0 Å². The first-order valence-corrected chi connectivity index (χ1v) is 5.91. The summed E-state index contributed by atoms with van der Waals surface area (Å²) < 4.78 is 4.70. The molecular formula is C15H17NO3. The van der Waals surface area contributed by atoms with Gasteiger partial charge in [0.15, 0.2) is 6.04 Å². The molecule has 1 atom stereocenters. The second-order valence-electron chi connectivity index (χ2n) is 3.76. The van der Waals surface area contributed by atoms with Crippen molar-refractivity contribution in [2.45, 2.75) is 13.0 Å². The number of esters is 1. The van der Waals surface area contributed by atoms with Gasteiger partial charge in [-0.3, -0.25) is 4.79 Å². The van der Waals surface area contributed by atoms with Crippen LogP contribution in [0.3, 0.4) is 0 Å². The maximum Gasteiger partial charge on any atom is 0.333 e. The third-order valence-electron chi connectivity index (χ3n) is 2.41. The molecular weight excluding hydrogens is 242 g/mol. The molecule has 1 N–H and O–H groups in total. The number of methoxy groups -OCH3 is 1. The van der Waals surface area contributed by atoms with Crippen molar-refractivity contribution in [3.63, 3.8) is 0 Å². The van der Waals surface area contributed by atoms with Crippen molar-refractivity contribution in [2.24, 2.45) is 0 Å². The highest BCUT2D eigenvalue weighted by atomic mass is 16.5. The quantitative estimate of drug-likeness (QED) is 0.501. The Balaban J connectivity index is 2.82. The highest BCUT2D eigenvalue weighted by Gasteiger charge is 2.22. The van der Waals surface area contributed by atoms with Gasteiger partial charge in [0.1, 0.15) is 0 Å². The van der Waals surface area contributed by atoms with Crippen molar-refractivity contribution in [3.05, 3.63) is 60.2 Å². The number of hydrogen-bond donors (Lipinski definition) is 1. The number of carbonyl (C=O) groups excluding carboxylic acids is 2. The Morgan fingerprint density at radius 3 is 2.47 bits per heavy atom. The lowest BCUT2D eigenvalue weighted by Crippen LogP contribution is -2.33. The van der Waals surface area contributed by atoms with E-state index in [2.05, 4.69) is 5.32 Å². The first kappa shape index (κ1) is 14.7. The molecule has 1 unspecified atom stereocenters. The Bertz CT molecular complexity index is 477. The molecule has 0 saturated carbocycles. The molecule has 0 bridgehead atoms. The molecule has 0 aliphatic carbocycles. The largest absolute Gasteiger partial charge is 0.467 e. The summed E-state index contributed by atoms with van der Waals surface area (Å²) in [5.74, 6) is -0.851. The van der Waals surface area contributed by atoms with Crippen LogP contribution in [0.4, 0.5) is 0 Å². The summed E-state index contributed by atoms with van der Waals surface area (Å²) in [6.07, 6.45) is 6.50. The lowest BCUT2D eigenvalue weighted by Gasteiger charge is -2.15. The van der Waals surface area contributed by atoms with E-state index in [1.165, 1.54) is 13.2 Å². The van der Waals surface area contributed by atoms with E-state index in [9.17, 15) is 9.59 Å². The Hall–Kier alpha value is -2.36. The normalized spacial score (nSPS) is 12.5. The lowest BCUT2D eigenvalue weighted by atomic mass is 10.1. The topological polar surface area (TPSA) is 55.4 Å². The number of benzene rings is 1. The van der Waals surface area contributed by atoms with Gasteiger partial charge in [0.2, 0.25) is 5.91 Å². The number of nitrogens with one attached hydrogen (secondary N) is 1. The SMILES string of the molecule is C/C=C/C=C/C(=O)NC(C(=O)OC)c1ccccc1. The number of allylic oxidation sites excluding steroid dienone is 3. The minimum Gasteiger partial charge on any atom is -0.467 e. The zero-order valence-corrected chi connectivity index (χ0v) is 11.0. The second kappa shape index (κ2) is 7.87. The van der Waals surface area contributed by atoms with Crippen LogP contribution in [0.1, 0.15) is 18.5 Å². The van der Waals surface area contributed by atoms with Crippen molar-refractivity contribution in [2.75, 3.05) is 7.11 Å². The monoisotopic (exact) mass is 259 g/mol. The summed E-state index contributed by atoms with van der Waals surface area (Å²) in [5, 5.41) is 2.61. The summed E-state index contributed by atoms with van der Waals surface area (Å²) >= 11 is 0. The van der Waals surface area contributed by atoms with Gasteiger partial charge in [0, 0.05) is 6.08 Å². The van der Waals surface area contributed by atoms with E-state index in [1.54, 1.807) is 42.5 Å². The zero-order chi connectivity index (χ0) is 14.1. The van der Waals surface area contributed by atoms with Crippen LogP contribution in [0.25, 0.3) is 0 Å². The van der Waals surface area contributed by atoms with Gasteiger partial charge in [0.05, 0.1) is 7.11 Å². The van der Waals surface area contributed by atoms with E-state index in [0.29, 0.717) is 5.56 Å². The van der Waals surface area contributed by atoms with Crippen LogP contribution in [-0.4, -0.2) is 19.0 Å². The van der Waals surface area contributed by atoms with Crippen LogP contribution < -0.4 is 5.32 Å². The molecule has 0 radical (unpaired) electrons. The Morgan fingerprint density at radius 2 is 1.89 bits per heavy atom. The number of ether oxygens (including phenoxy) is 1. The lowest BCUT2D eigenvalue weighted by molar-refractivity contribution is -0.144. The van der Waals surface area contributed by atoms with Gasteiger partial charge in [0.25, 0.3) is 0 Å². The summed E-state index contributed by atoms with van der Waals surface area (Å²) in [5.41, 5.74) is 0.683. The van der Waals surface area contributed by atoms with Crippen LogP contribution in [0.5, 0.6) is 0 Å². The molecule has 4 nitrogen and oxygen atoms in total. The molecule has 0 heterocycles. The van der Waals surface area contributed by atoms with Crippen molar-refractivity contribution >= 4 is 11.9 Å². The predicted octanol–water partition coefficient (Wildman–Crippen LogP) is 2.15. The number of hydrogen-bond acceptors (Lipinski definition) is 3. The molecule has 0 saturated heterocycles. The smallest absolute Gasteiger partial charge is 0.333 e. The van der Waals surface area contributed by atoms with Crippen LogP contribution >= 0.6 is 0 Å². The molecule has 1 rings (SSSR count). The fourth-order valence-corrected chi connectivity index (χ4v) is 1.49. The third-order valence-corrected chi connectivity index (χ3v) is 2.41. The average molecular weight is 259 g/mol. The summed E-state index contributed by atoms with van der Waals surface area (Å²) in [4.78, 5) is 23.4. The van der Waals surface area contributed by atoms with E-state index in [4.69, 9.17) is 4.74 Å². The average Bonchev–Trinajstić information content (AvgIpc) is 2.45. The summed E-state index contributed by atoms with van der Waals surface area (Å²) in [7, 11) is 1.29. The Morgan fingerprint density at radius 1 is 1.21 bits per heavy atom. The molecule has 1 aromatic carbocycles. The maximum absolute atomic E-state index is 11.7. The molecule has 1 aromatic rings. The summed E-state index contributed by atoms with van der Waals surface area (Å²) in [6.45, 7) is 1.85. The third kappa shape index (κ3) is 4.79. The first-order chi connectivity index (χ1) is 9.19. The fraction of sp³-hybridized carbons (Fsp3) is 0.200. The van der Waals surface area contributed by atoms with Gasteiger partial charge < -0.3 is 10.1 Å². The summed E-state index contributed by atoms with van der Waals surface area (Å²) in [6, 6.07) is 8.16. The Kier molecular flexibility index (Phi) is 6.09. The number of amides is 1. The molecule has 0 aromatic heterocycles. The molecule has 0 fully saturated rings. The first-order valence-electron chi connectivity index (χ1n) is 5.91. The fourth-order valence-electron chi connectivity index (χ4n) is 1.49. The van der Waals surface area contributed by atoms with E-state index in [1.807, 2.05) is 13.0 Å². The van der Waals surface area contributed by atoms with Crippen LogP contribution in [0.15, 0.2) is 54.6 Å². The van der Waals surface area contributed by atoms with Gasteiger partial charge in [-0.15, -0.1) is 0 Å². The van der Waals surface area contributed by atoms with Crippen LogP contribution in [0.2, 0.25) is 0 Å². The minimum atomic E-state index is -0.797. The van der Waals surface area contributed by atoms with Gasteiger partial charge in [-0.25, -0.2) is 4.79 Å². The molecule has 0 aliphatic rings. The second-order valence-corrected chi connectivity index (χ2v) is 3.76. The van der Waals surface area contributed by atoms with Crippen molar-refractivity contribution in [3.8, 4) is 0 Å². The Labute approximate surface area is 112 Å². The highest BCUT2D eigenvalue weighted by molar-refractivity contribution is 5.92. The van der Waals surface area contributed by atoms with Crippen molar-refractivity contribution in [1.29, 1.82) is 0 Å². The minimum absolute atomic E-state index is 0.350. The molecule has 0 aliphatic heterocycles. The van der Waals surface area contributed by atoms with Crippen LogP contribution in [0, 0.1) is 0 Å². The standard InChI is InChI=1S/C15H17NO3/c1-3-4-6-11-13(17)16-14(15(18)19-2)12-9-7-5-8-10-12/h3-11,14H,1-2H3,(H,16,17)/b4-3+,11-6+. The van der Waals surface area contributed by atoms with Crippen molar-refractivity contribution in [1.82, 2.24) is 5.32 Å². The van der Waals surface area contributed by atoms with Crippen LogP contribution in [-0.2, 0) is 14.3 Å². The van der Waals surface area contributed by atoms with E-state index in [-0.39, 0.29) is 5.91 Å². The molecule has 4 heteroatoms. The van der Waals surface area contributed by atoms with E-state index in [0.717, 1.165) is 0 Å². The van der Waals surface area contributed by atoms with E-state index < -0.39 is 12.0 Å². The van der Waals surface area contributed by atoms with Gasteiger partial charge in [-0.05, 0) is 12.5 Å². The molecule has 19 heavy (non-hydrogen) atoms. The van der Waals surface area contributed by atoms with Gasteiger partial charge in [-0.1, -0.05) is 48.6 Å². The molecule has 0 spiro atoms. The number of rotatable bonds is 5. The molecule has 1 amide bonds. The highest BCUT2D eigenvalue weighted by Crippen LogP contribution is 2.13. The van der Waals surface area contributed by atoms with Crippen molar-refractivity contribution < 1.29 is 14.3 Å². The predicted molar refractivity (Wildman–Crippen MR) is 73.3 cm³/mol. The maximum atomic E-state index is 11.7.